The number of anilines is 1. The second kappa shape index (κ2) is 7.69. The molecular weight excluding hydrogens is 274 g/mol. The van der Waals surface area contributed by atoms with Crippen LogP contribution in [0.1, 0.15) is 25.3 Å². The minimum absolute atomic E-state index is 0.128. The third-order valence-corrected chi connectivity index (χ3v) is 3.16. The third kappa shape index (κ3) is 4.38. The first-order chi connectivity index (χ1) is 9.49. The molecule has 5 nitrogen and oxygen atoms in total. The average molecular weight is 295 g/mol. The van der Waals surface area contributed by atoms with Crippen molar-refractivity contribution >= 4 is 28.8 Å². The molecule has 0 aliphatic rings. The monoisotopic (exact) mass is 295 g/mol. The predicted octanol–water partition coefficient (Wildman–Crippen LogP) is 1.42. The van der Waals surface area contributed by atoms with E-state index in [-0.39, 0.29) is 11.5 Å². The summed E-state index contributed by atoms with van der Waals surface area (Å²) >= 11 is 5.07. The van der Waals surface area contributed by atoms with Crippen LogP contribution in [0.4, 0.5) is 5.69 Å². The highest BCUT2D eigenvalue weighted by Crippen LogP contribution is 2.26. The van der Waals surface area contributed by atoms with Gasteiger partial charge in [-0.25, -0.2) is 0 Å². The number of unbranched alkanes of at least 4 members (excludes halogenated alkanes) is 1. The lowest BCUT2D eigenvalue weighted by Gasteiger charge is -2.26. The number of nitrogens with zero attached hydrogens (tertiary/aromatic N) is 1. The molecule has 20 heavy (non-hydrogen) atoms. The molecule has 0 aliphatic heterocycles. The SMILES string of the molecule is CCCCN(CC(N)=O)c1cc(OC)ccc1C(N)=S. The molecule has 1 rings (SSSR count). The maximum absolute atomic E-state index is 11.3. The Kier molecular flexibility index (Phi) is 6.24. The van der Waals surface area contributed by atoms with E-state index < -0.39 is 5.91 Å². The first-order valence-electron chi connectivity index (χ1n) is 6.50. The first-order valence-corrected chi connectivity index (χ1v) is 6.91. The molecule has 0 radical (unpaired) electrons. The van der Waals surface area contributed by atoms with Crippen LogP contribution in [-0.4, -0.2) is 31.1 Å². The van der Waals surface area contributed by atoms with Crippen LogP contribution in [0.2, 0.25) is 0 Å². The largest absolute Gasteiger partial charge is 0.497 e. The van der Waals surface area contributed by atoms with Crippen molar-refractivity contribution in [1.29, 1.82) is 0 Å². The van der Waals surface area contributed by atoms with Crippen molar-refractivity contribution in [3.8, 4) is 5.75 Å². The molecule has 0 spiro atoms. The molecule has 0 heterocycles. The number of hydrogen-bond acceptors (Lipinski definition) is 4. The van der Waals surface area contributed by atoms with Crippen molar-refractivity contribution in [2.75, 3.05) is 25.1 Å². The second-order valence-electron chi connectivity index (χ2n) is 4.49. The van der Waals surface area contributed by atoms with E-state index in [4.69, 9.17) is 28.4 Å². The van der Waals surface area contributed by atoms with Crippen LogP contribution in [0, 0.1) is 0 Å². The Morgan fingerprint density at radius 3 is 2.60 bits per heavy atom. The molecule has 0 saturated carbocycles. The van der Waals surface area contributed by atoms with Gasteiger partial charge in [0.05, 0.1) is 19.3 Å². The lowest BCUT2D eigenvalue weighted by atomic mass is 10.1. The number of methoxy groups -OCH3 is 1. The molecule has 0 aliphatic carbocycles. The number of ether oxygens (including phenoxy) is 1. The first kappa shape index (κ1) is 16.2. The Morgan fingerprint density at radius 1 is 1.40 bits per heavy atom. The van der Waals surface area contributed by atoms with Gasteiger partial charge in [-0.3, -0.25) is 4.79 Å². The predicted molar refractivity (Wildman–Crippen MR) is 85.2 cm³/mol. The van der Waals surface area contributed by atoms with Crippen LogP contribution < -0.4 is 21.1 Å². The molecule has 1 amide bonds. The van der Waals surface area contributed by atoms with E-state index in [1.807, 2.05) is 11.0 Å². The second-order valence-corrected chi connectivity index (χ2v) is 4.93. The molecule has 110 valence electrons. The summed E-state index contributed by atoms with van der Waals surface area (Å²) in [5, 5.41) is 0. The number of rotatable bonds is 8. The van der Waals surface area contributed by atoms with Crippen LogP contribution in [0.15, 0.2) is 18.2 Å². The summed E-state index contributed by atoms with van der Waals surface area (Å²) in [6.45, 7) is 2.92. The van der Waals surface area contributed by atoms with Gasteiger partial charge in [0.2, 0.25) is 5.91 Å². The van der Waals surface area contributed by atoms with Crippen LogP contribution in [-0.2, 0) is 4.79 Å². The standard InChI is InChI=1S/C14H21N3O2S/c1-3-4-7-17(9-13(15)18)12-8-10(19-2)5-6-11(12)14(16)20/h5-6,8H,3-4,7,9H2,1-2H3,(H2,15,18)(H2,16,20). The summed E-state index contributed by atoms with van der Waals surface area (Å²) < 4.78 is 5.22. The molecule has 1 aromatic rings. The van der Waals surface area contributed by atoms with Gasteiger partial charge in [-0.15, -0.1) is 0 Å². The van der Waals surface area contributed by atoms with Gasteiger partial charge >= 0.3 is 0 Å². The van der Waals surface area contributed by atoms with E-state index in [2.05, 4.69) is 6.92 Å². The molecule has 0 bridgehead atoms. The normalized spacial score (nSPS) is 10.1. The van der Waals surface area contributed by atoms with E-state index in [1.165, 1.54) is 0 Å². The summed E-state index contributed by atoms with van der Waals surface area (Å²) in [5.41, 5.74) is 12.6. The Labute approximate surface area is 124 Å². The van der Waals surface area contributed by atoms with Gasteiger partial charge in [0.1, 0.15) is 10.7 Å². The van der Waals surface area contributed by atoms with Crippen molar-refractivity contribution in [2.45, 2.75) is 19.8 Å². The zero-order chi connectivity index (χ0) is 15.1. The number of carbonyl (C=O) groups excluding carboxylic acids is 1. The lowest BCUT2D eigenvalue weighted by Crippen LogP contribution is -2.35. The zero-order valence-electron chi connectivity index (χ0n) is 11.9. The van der Waals surface area contributed by atoms with Gasteiger partial charge in [-0.05, 0) is 18.6 Å². The molecular formula is C14H21N3O2S. The smallest absolute Gasteiger partial charge is 0.236 e. The number of amides is 1. The van der Waals surface area contributed by atoms with Gasteiger partial charge in [-0.2, -0.15) is 0 Å². The Morgan fingerprint density at radius 2 is 2.10 bits per heavy atom. The molecule has 0 aromatic heterocycles. The molecule has 1 aromatic carbocycles. The molecule has 0 fully saturated rings. The van der Waals surface area contributed by atoms with Crippen LogP contribution in [0.3, 0.4) is 0 Å². The van der Waals surface area contributed by atoms with Crippen LogP contribution in [0.25, 0.3) is 0 Å². The van der Waals surface area contributed by atoms with Crippen molar-refractivity contribution in [3.05, 3.63) is 23.8 Å². The Bertz CT molecular complexity index is 491. The number of carbonyl (C=O) groups is 1. The Balaban J connectivity index is 3.19. The number of benzene rings is 1. The van der Waals surface area contributed by atoms with E-state index in [1.54, 1.807) is 19.2 Å². The summed E-state index contributed by atoms with van der Waals surface area (Å²) in [4.78, 5) is 13.4. The summed E-state index contributed by atoms with van der Waals surface area (Å²) in [6.07, 6.45) is 1.96. The van der Waals surface area contributed by atoms with Gasteiger partial charge in [0.25, 0.3) is 0 Å². The number of nitrogens with two attached hydrogens (primary N) is 2. The highest BCUT2D eigenvalue weighted by Gasteiger charge is 2.15. The maximum Gasteiger partial charge on any atom is 0.236 e. The van der Waals surface area contributed by atoms with Crippen LogP contribution >= 0.6 is 12.2 Å². The average Bonchev–Trinajstić information content (AvgIpc) is 2.42. The van der Waals surface area contributed by atoms with Crippen molar-refractivity contribution in [2.24, 2.45) is 11.5 Å². The number of primary amides is 1. The lowest BCUT2D eigenvalue weighted by molar-refractivity contribution is -0.116. The summed E-state index contributed by atoms with van der Waals surface area (Å²) in [6, 6.07) is 5.42. The quantitative estimate of drug-likeness (QED) is 0.709. The number of thiocarbonyl (C=S) groups is 1. The molecule has 0 atom stereocenters. The molecule has 4 N–H and O–H groups in total. The van der Waals surface area contributed by atoms with Gasteiger partial charge in [-0.1, -0.05) is 25.6 Å². The van der Waals surface area contributed by atoms with Gasteiger partial charge in [0, 0.05) is 18.2 Å². The summed E-state index contributed by atoms with van der Waals surface area (Å²) in [5.74, 6) is 0.295. The highest BCUT2D eigenvalue weighted by molar-refractivity contribution is 7.80. The topological polar surface area (TPSA) is 81.6 Å². The van der Waals surface area contributed by atoms with E-state index >= 15 is 0 Å². The molecule has 0 saturated heterocycles. The summed E-state index contributed by atoms with van der Waals surface area (Å²) in [7, 11) is 1.59. The van der Waals surface area contributed by atoms with E-state index in [9.17, 15) is 4.79 Å². The minimum atomic E-state index is -0.391. The van der Waals surface area contributed by atoms with Gasteiger partial charge < -0.3 is 21.1 Å². The molecule has 6 heteroatoms. The Hall–Kier alpha value is -1.82. The van der Waals surface area contributed by atoms with Gasteiger partial charge in [0.15, 0.2) is 0 Å². The number of hydrogen-bond donors (Lipinski definition) is 2. The van der Waals surface area contributed by atoms with E-state index in [0.29, 0.717) is 12.3 Å². The molecule has 0 unspecified atom stereocenters. The zero-order valence-corrected chi connectivity index (χ0v) is 12.7. The van der Waals surface area contributed by atoms with Crippen molar-refractivity contribution in [3.63, 3.8) is 0 Å². The fourth-order valence-corrected chi connectivity index (χ4v) is 2.10. The van der Waals surface area contributed by atoms with Crippen molar-refractivity contribution < 1.29 is 9.53 Å². The highest BCUT2D eigenvalue weighted by atomic mass is 32.1. The fraction of sp³-hybridized carbons (Fsp3) is 0.429. The van der Waals surface area contributed by atoms with Crippen molar-refractivity contribution in [1.82, 2.24) is 0 Å². The van der Waals surface area contributed by atoms with E-state index in [0.717, 1.165) is 24.1 Å². The third-order valence-electron chi connectivity index (χ3n) is 2.94. The minimum Gasteiger partial charge on any atom is -0.497 e. The fourth-order valence-electron chi connectivity index (χ4n) is 1.93. The van der Waals surface area contributed by atoms with Crippen LogP contribution in [0.5, 0.6) is 5.75 Å². The maximum atomic E-state index is 11.3.